The highest BCUT2D eigenvalue weighted by Crippen LogP contribution is 2.43. The summed E-state index contributed by atoms with van der Waals surface area (Å²) in [6.45, 7) is 0. The average molecular weight is 245 g/mol. The summed E-state index contributed by atoms with van der Waals surface area (Å²) in [6, 6.07) is 5.78. The van der Waals surface area contributed by atoms with E-state index in [4.69, 9.17) is 4.74 Å². The van der Waals surface area contributed by atoms with Crippen LogP contribution in [0.4, 0.5) is 0 Å². The summed E-state index contributed by atoms with van der Waals surface area (Å²) in [7, 11) is 1.63. The topological polar surface area (TPSA) is 55.4 Å². The van der Waals surface area contributed by atoms with Crippen LogP contribution < -0.4 is 10.1 Å². The van der Waals surface area contributed by atoms with Gasteiger partial charge in [0.05, 0.1) is 12.5 Å². The van der Waals surface area contributed by atoms with Crippen molar-refractivity contribution in [2.75, 3.05) is 7.11 Å². The van der Waals surface area contributed by atoms with Gasteiger partial charge in [0, 0.05) is 6.42 Å². The minimum Gasteiger partial charge on any atom is -0.497 e. The number of rotatable bonds is 1. The van der Waals surface area contributed by atoms with Gasteiger partial charge in [-0.3, -0.25) is 14.9 Å². The first-order valence-electron chi connectivity index (χ1n) is 6.17. The number of benzene rings is 1. The Labute approximate surface area is 105 Å². The van der Waals surface area contributed by atoms with E-state index in [-0.39, 0.29) is 18.2 Å². The molecule has 0 bridgehead atoms. The first kappa shape index (κ1) is 11.3. The molecule has 1 spiro atoms. The van der Waals surface area contributed by atoms with Gasteiger partial charge in [-0.15, -0.1) is 0 Å². The summed E-state index contributed by atoms with van der Waals surface area (Å²) in [5.41, 5.74) is 1.50. The predicted octanol–water partition coefficient (Wildman–Crippen LogP) is 1.32. The molecular weight excluding hydrogens is 230 g/mol. The molecule has 0 unspecified atom stereocenters. The lowest BCUT2D eigenvalue weighted by Gasteiger charge is -2.32. The highest BCUT2D eigenvalue weighted by molar-refractivity contribution is 6.09. The third-order valence-electron chi connectivity index (χ3n) is 4.03. The maximum atomic E-state index is 12.1. The number of ether oxygens (including phenoxy) is 1. The van der Waals surface area contributed by atoms with Crippen molar-refractivity contribution in [3.63, 3.8) is 0 Å². The third kappa shape index (κ3) is 1.45. The third-order valence-corrected chi connectivity index (χ3v) is 4.03. The Hall–Kier alpha value is -1.84. The van der Waals surface area contributed by atoms with Gasteiger partial charge in [-0.25, -0.2) is 0 Å². The average Bonchev–Trinajstić information content (AvgIpc) is 2.64. The quantitative estimate of drug-likeness (QED) is 0.759. The van der Waals surface area contributed by atoms with Crippen molar-refractivity contribution >= 4 is 11.8 Å². The maximum Gasteiger partial charge on any atom is 0.237 e. The summed E-state index contributed by atoms with van der Waals surface area (Å²) in [6.07, 6.45) is 2.91. The van der Waals surface area contributed by atoms with Crippen molar-refractivity contribution in [2.24, 2.45) is 0 Å². The van der Waals surface area contributed by atoms with Crippen LogP contribution in [-0.4, -0.2) is 18.9 Å². The van der Waals surface area contributed by atoms with Crippen molar-refractivity contribution in [1.82, 2.24) is 5.32 Å². The SMILES string of the molecule is COc1ccc2c(c1)CCC[C@]21CC(=O)NC1=O. The zero-order valence-electron chi connectivity index (χ0n) is 10.3. The second kappa shape index (κ2) is 3.83. The number of fused-ring (bicyclic) bond motifs is 2. The lowest BCUT2D eigenvalue weighted by atomic mass is 9.69. The molecule has 1 saturated heterocycles. The molecule has 2 amide bonds. The molecule has 3 rings (SSSR count). The van der Waals surface area contributed by atoms with Gasteiger partial charge in [0.25, 0.3) is 0 Å². The fourth-order valence-corrected chi connectivity index (χ4v) is 3.15. The molecule has 1 fully saturated rings. The molecule has 1 aliphatic heterocycles. The van der Waals surface area contributed by atoms with E-state index in [1.54, 1.807) is 7.11 Å². The fourth-order valence-electron chi connectivity index (χ4n) is 3.15. The summed E-state index contributed by atoms with van der Waals surface area (Å²) in [4.78, 5) is 23.6. The number of aryl methyl sites for hydroxylation is 1. The predicted molar refractivity (Wildman–Crippen MR) is 65.4 cm³/mol. The molecule has 2 aliphatic rings. The molecule has 1 heterocycles. The van der Waals surface area contributed by atoms with Crippen molar-refractivity contribution in [3.05, 3.63) is 29.3 Å². The smallest absolute Gasteiger partial charge is 0.237 e. The van der Waals surface area contributed by atoms with E-state index in [1.165, 1.54) is 0 Å². The van der Waals surface area contributed by atoms with Gasteiger partial charge in [-0.1, -0.05) is 6.07 Å². The normalized spacial score (nSPS) is 26.1. The van der Waals surface area contributed by atoms with Crippen LogP contribution in [0.15, 0.2) is 18.2 Å². The van der Waals surface area contributed by atoms with Gasteiger partial charge < -0.3 is 4.74 Å². The zero-order valence-corrected chi connectivity index (χ0v) is 10.3. The van der Waals surface area contributed by atoms with E-state index >= 15 is 0 Å². The van der Waals surface area contributed by atoms with Crippen LogP contribution in [0.1, 0.15) is 30.4 Å². The lowest BCUT2D eigenvalue weighted by molar-refractivity contribution is -0.126. The number of amides is 2. The Morgan fingerprint density at radius 1 is 1.33 bits per heavy atom. The molecule has 4 heteroatoms. The second-order valence-electron chi connectivity index (χ2n) is 5.01. The van der Waals surface area contributed by atoms with E-state index in [0.29, 0.717) is 0 Å². The molecular formula is C14H15NO3. The monoisotopic (exact) mass is 245 g/mol. The van der Waals surface area contributed by atoms with E-state index in [9.17, 15) is 9.59 Å². The van der Waals surface area contributed by atoms with Crippen LogP contribution in [0.3, 0.4) is 0 Å². The molecule has 18 heavy (non-hydrogen) atoms. The van der Waals surface area contributed by atoms with Crippen molar-refractivity contribution in [2.45, 2.75) is 31.1 Å². The Balaban J connectivity index is 2.12. The summed E-state index contributed by atoms with van der Waals surface area (Å²) >= 11 is 0. The van der Waals surface area contributed by atoms with Gasteiger partial charge in [0.2, 0.25) is 11.8 Å². The maximum absolute atomic E-state index is 12.1. The number of hydrogen-bond donors (Lipinski definition) is 1. The molecule has 0 saturated carbocycles. The molecule has 94 valence electrons. The minimum atomic E-state index is -0.628. The molecule has 4 nitrogen and oxygen atoms in total. The lowest BCUT2D eigenvalue weighted by Crippen LogP contribution is -2.38. The molecule has 0 aromatic heterocycles. The first-order chi connectivity index (χ1) is 8.65. The largest absolute Gasteiger partial charge is 0.497 e. The highest BCUT2D eigenvalue weighted by Gasteiger charge is 2.49. The van der Waals surface area contributed by atoms with Crippen molar-refractivity contribution in [3.8, 4) is 5.75 Å². The number of carbonyl (C=O) groups is 2. The summed E-state index contributed by atoms with van der Waals surface area (Å²) < 4.78 is 5.21. The van der Waals surface area contributed by atoms with Gasteiger partial charge in [0.15, 0.2) is 0 Å². The van der Waals surface area contributed by atoms with E-state index in [2.05, 4.69) is 5.32 Å². The van der Waals surface area contributed by atoms with E-state index in [1.807, 2.05) is 18.2 Å². The highest BCUT2D eigenvalue weighted by atomic mass is 16.5. The van der Waals surface area contributed by atoms with Crippen LogP contribution in [0.5, 0.6) is 5.75 Å². The van der Waals surface area contributed by atoms with Gasteiger partial charge in [-0.05, 0) is 42.5 Å². The van der Waals surface area contributed by atoms with E-state index in [0.717, 1.165) is 36.1 Å². The number of nitrogens with one attached hydrogen (secondary N) is 1. The Morgan fingerprint density at radius 2 is 2.17 bits per heavy atom. The minimum absolute atomic E-state index is 0.140. The molecule has 1 aliphatic carbocycles. The number of imide groups is 1. The van der Waals surface area contributed by atoms with Crippen LogP contribution in [-0.2, 0) is 21.4 Å². The molecule has 1 aromatic carbocycles. The van der Waals surface area contributed by atoms with Crippen LogP contribution in [0, 0.1) is 0 Å². The van der Waals surface area contributed by atoms with Gasteiger partial charge in [0.1, 0.15) is 5.75 Å². The number of carbonyl (C=O) groups excluding carboxylic acids is 2. The molecule has 1 atom stereocenters. The Bertz CT molecular complexity index is 538. The van der Waals surface area contributed by atoms with Crippen LogP contribution in [0.25, 0.3) is 0 Å². The Morgan fingerprint density at radius 3 is 2.83 bits per heavy atom. The van der Waals surface area contributed by atoms with Gasteiger partial charge in [-0.2, -0.15) is 0 Å². The molecule has 1 N–H and O–H groups in total. The first-order valence-corrected chi connectivity index (χ1v) is 6.17. The second-order valence-corrected chi connectivity index (χ2v) is 5.01. The number of methoxy groups -OCH3 is 1. The van der Waals surface area contributed by atoms with Crippen LogP contribution >= 0.6 is 0 Å². The van der Waals surface area contributed by atoms with E-state index < -0.39 is 5.41 Å². The van der Waals surface area contributed by atoms with Crippen molar-refractivity contribution in [1.29, 1.82) is 0 Å². The van der Waals surface area contributed by atoms with Gasteiger partial charge >= 0.3 is 0 Å². The summed E-state index contributed by atoms with van der Waals surface area (Å²) in [5.74, 6) is 0.498. The standard InChI is InChI=1S/C14H15NO3/c1-18-10-4-5-11-9(7-10)3-2-6-14(11)8-12(16)15-13(14)17/h4-5,7H,2-3,6,8H2,1H3,(H,15,16,17)/t14-/m0/s1. The molecule has 1 aromatic rings. The zero-order chi connectivity index (χ0) is 12.8. The number of hydrogen-bond acceptors (Lipinski definition) is 3. The Kier molecular flexibility index (Phi) is 2.40. The molecule has 0 radical (unpaired) electrons. The summed E-state index contributed by atoms with van der Waals surface area (Å²) in [5, 5.41) is 2.44. The van der Waals surface area contributed by atoms with Crippen molar-refractivity contribution < 1.29 is 14.3 Å². The van der Waals surface area contributed by atoms with Crippen LogP contribution in [0.2, 0.25) is 0 Å². The fraction of sp³-hybridized carbons (Fsp3) is 0.429.